The van der Waals surface area contributed by atoms with Crippen molar-refractivity contribution in [1.82, 2.24) is 14.9 Å². The molecule has 236 valence electrons. The largest absolute Gasteiger partial charge is 0.374 e. The van der Waals surface area contributed by atoms with Crippen molar-refractivity contribution < 1.29 is 9.53 Å². The van der Waals surface area contributed by atoms with Gasteiger partial charge in [-0.2, -0.15) is 0 Å². The highest BCUT2D eigenvalue weighted by Crippen LogP contribution is 2.31. The lowest BCUT2D eigenvalue weighted by atomic mass is 9.90. The Morgan fingerprint density at radius 2 is 1.77 bits per heavy atom. The van der Waals surface area contributed by atoms with Crippen LogP contribution in [0.3, 0.4) is 0 Å². The number of hydrogen-bond donors (Lipinski definition) is 2. The van der Waals surface area contributed by atoms with Crippen LogP contribution in [0.2, 0.25) is 0 Å². The van der Waals surface area contributed by atoms with Crippen molar-refractivity contribution in [2.45, 2.75) is 125 Å². The van der Waals surface area contributed by atoms with E-state index in [1.807, 2.05) is 18.5 Å². The minimum atomic E-state index is -0.0591. The van der Waals surface area contributed by atoms with E-state index in [2.05, 4.69) is 93.3 Å². The molecular weight excluding hydrogens is 552 g/mol. The van der Waals surface area contributed by atoms with Crippen LogP contribution in [0.5, 0.6) is 0 Å². The molecule has 1 amide bonds. The fourth-order valence-electron chi connectivity index (χ4n) is 4.71. The van der Waals surface area contributed by atoms with Gasteiger partial charge in [0.25, 0.3) is 5.91 Å². The molecule has 2 N–H and O–H groups in total. The molecule has 0 bridgehead atoms. The minimum Gasteiger partial charge on any atom is -0.374 e. The normalized spacial score (nSPS) is 12.9. The molecule has 0 atom stereocenters. The molecule has 4 rings (SSSR count). The molecule has 1 saturated carbocycles. The van der Waals surface area contributed by atoms with Gasteiger partial charge >= 0.3 is 0 Å². The highest BCUT2D eigenvalue weighted by molar-refractivity contribution is 7.14. The number of amides is 1. The molecule has 0 unspecified atom stereocenters. The Morgan fingerprint density at radius 3 is 2.35 bits per heavy atom. The maximum Gasteiger partial charge on any atom is 0.253 e. The van der Waals surface area contributed by atoms with Crippen molar-refractivity contribution in [1.29, 1.82) is 0 Å². The average molecular weight is 607 g/mol. The van der Waals surface area contributed by atoms with Gasteiger partial charge < -0.3 is 19.9 Å². The van der Waals surface area contributed by atoms with Crippen molar-refractivity contribution in [2.75, 3.05) is 11.9 Å². The second kappa shape index (κ2) is 17.4. The van der Waals surface area contributed by atoms with Gasteiger partial charge in [0.1, 0.15) is 0 Å². The van der Waals surface area contributed by atoms with E-state index in [0.29, 0.717) is 24.8 Å². The Balaban J connectivity index is 0.00000119. The number of benzene rings is 1. The number of thiazole rings is 1. The van der Waals surface area contributed by atoms with E-state index in [1.165, 1.54) is 30.4 Å². The van der Waals surface area contributed by atoms with Crippen LogP contribution in [0.4, 0.5) is 5.13 Å². The van der Waals surface area contributed by atoms with E-state index >= 15 is 0 Å². The molecule has 1 aliphatic rings. The lowest BCUT2D eigenvalue weighted by Gasteiger charge is -2.23. The molecule has 2 heterocycles. The van der Waals surface area contributed by atoms with Crippen LogP contribution in [-0.4, -0.2) is 28.1 Å². The standard InChI is InChI=1S/C32H44N4O2S.C4H10/c1-6-10-27(11-7-2)38-21-23-12-8-15-25(18-23)29-22-39-31(35-29)34-28(24-13-9-14-24)19-33-30(37)26-16-17-36(20-26)32(3,4)5;1-3-4-2/h8,12,15-18,20,22,27H,6-7,9-11,13-14,19,21H2,1-5H3,(H,33,37)(H,34,35);3-4H2,1-2H3. The van der Waals surface area contributed by atoms with E-state index in [1.54, 1.807) is 11.3 Å². The maximum absolute atomic E-state index is 12.9. The Morgan fingerprint density at radius 1 is 1.05 bits per heavy atom. The monoisotopic (exact) mass is 606 g/mol. The molecule has 1 aromatic carbocycles. The van der Waals surface area contributed by atoms with Gasteiger partial charge in [0.15, 0.2) is 5.13 Å². The van der Waals surface area contributed by atoms with Gasteiger partial charge in [0.2, 0.25) is 0 Å². The SMILES string of the molecule is CCCC.CCCC(CCC)OCc1cccc(-c2csc(NC(CNC(=O)c3ccn(C(C)(C)C)c3)=C3CCC3)n2)c1. The Labute approximate surface area is 264 Å². The summed E-state index contributed by atoms with van der Waals surface area (Å²) in [5.74, 6) is -0.0591. The van der Waals surface area contributed by atoms with Gasteiger partial charge in [-0.3, -0.25) is 4.79 Å². The van der Waals surface area contributed by atoms with Crippen LogP contribution in [0.15, 0.2) is 59.4 Å². The summed E-state index contributed by atoms with van der Waals surface area (Å²) in [7, 11) is 0. The number of hydrogen-bond acceptors (Lipinski definition) is 5. The molecule has 0 saturated heterocycles. The third-order valence-corrected chi connectivity index (χ3v) is 8.49. The fraction of sp³-hybridized carbons (Fsp3) is 0.556. The van der Waals surface area contributed by atoms with E-state index in [4.69, 9.17) is 9.72 Å². The molecule has 0 spiro atoms. The van der Waals surface area contributed by atoms with Crippen molar-refractivity contribution in [3.05, 3.63) is 70.5 Å². The van der Waals surface area contributed by atoms with Crippen molar-refractivity contribution in [2.24, 2.45) is 0 Å². The van der Waals surface area contributed by atoms with Crippen LogP contribution in [0.1, 0.15) is 122 Å². The van der Waals surface area contributed by atoms with Crippen LogP contribution in [0, 0.1) is 0 Å². The summed E-state index contributed by atoms with van der Waals surface area (Å²) in [6.45, 7) is 16.3. The Hall–Kier alpha value is -2.90. The topological polar surface area (TPSA) is 68.2 Å². The highest BCUT2D eigenvalue weighted by Gasteiger charge is 2.19. The van der Waals surface area contributed by atoms with Crippen LogP contribution in [0.25, 0.3) is 11.3 Å². The molecule has 7 heteroatoms. The number of anilines is 1. The lowest BCUT2D eigenvalue weighted by Crippen LogP contribution is -2.29. The van der Waals surface area contributed by atoms with E-state index < -0.39 is 0 Å². The number of nitrogens with one attached hydrogen (secondary N) is 2. The quantitative estimate of drug-likeness (QED) is 0.192. The summed E-state index contributed by atoms with van der Waals surface area (Å²) >= 11 is 1.60. The number of nitrogens with zero attached hydrogens (tertiary/aromatic N) is 2. The van der Waals surface area contributed by atoms with Crippen LogP contribution < -0.4 is 10.6 Å². The highest BCUT2D eigenvalue weighted by atomic mass is 32.1. The Bertz CT molecular complexity index is 1290. The fourth-order valence-corrected chi connectivity index (χ4v) is 5.46. The first-order chi connectivity index (χ1) is 20.7. The zero-order chi connectivity index (χ0) is 31.2. The first-order valence-corrected chi connectivity index (χ1v) is 17.2. The van der Waals surface area contributed by atoms with E-state index in [0.717, 1.165) is 60.6 Å². The number of unbranched alkanes of at least 4 members (excludes halogenated alkanes) is 1. The summed E-state index contributed by atoms with van der Waals surface area (Å²) in [6, 6.07) is 10.4. The van der Waals surface area contributed by atoms with Gasteiger partial charge in [-0.05, 0) is 76.1 Å². The molecule has 0 radical (unpaired) electrons. The van der Waals surface area contributed by atoms with Gasteiger partial charge in [-0.15, -0.1) is 11.3 Å². The number of rotatable bonds is 14. The Kier molecular flexibility index (Phi) is 14.0. The van der Waals surface area contributed by atoms with Gasteiger partial charge in [-0.25, -0.2) is 4.98 Å². The summed E-state index contributed by atoms with van der Waals surface area (Å²) in [6.07, 6.45) is 14.7. The third-order valence-electron chi connectivity index (χ3n) is 7.73. The minimum absolute atomic E-state index is 0.0548. The molecule has 43 heavy (non-hydrogen) atoms. The molecule has 2 aromatic heterocycles. The third kappa shape index (κ3) is 11.0. The molecule has 1 aliphatic carbocycles. The summed E-state index contributed by atoms with van der Waals surface area (Å²) in [5.41, 5.74) is 6.27. The van der Waals surface area contributed by atoms with Crippen molar-refractivity contribution in [3.63, 3.8) is 0 Å². The van der Waals surface area contributed by atoms with Crippen LogP contribution >= 0.6 is 11.3 Å². The second-order valence-electron chi connectivity index (χ2n) is 12.5. The molecule has 1 fully saturated rings. The van der Waals surface area contributed by atoms with Crippen molar-refractivity contribution >= 4 is 22.4 Å². The first-order valence-electron chi connectivity index (χ1n) is 16.3. The smallest absolute Gasteiger partial charge is 0.253 e. The molecular formula is C36H54N4O2S. The van der Waals surface area contributed by atoms with E-state index in [-0.39, 0.29) is 11.4 Å². The summed E-state index contributed by atoms with van der Waals surface area (Å²) in [5, 5.41) is 9.58. The molecule has 6 nitrogen and oxygen atoms in total. The number of ether oxygens (including phenoxy) is 1. The van der Waals surface area contributed by atoms with Gasteiger partial charge in [-0.1, -0.05) is 71.6 Å². The summed E-state index contributed by atoms with van der Waals surface area (Å²) in [4.78, 5) is 17.8. The van der Waals surface area contributed by atoms with Gasteiger partial charge in [0, 0.05) is 34.6 Å². The number of carbonyl (C=O) groups excluding carboxylic acids is 1. The second-order valence-corrected chi connectivity index (χ2v) is 13.3. The zero-order valence-corrected chi connectivity index (χ0v) is 28.4. The van der Waals surface area contributed by atoms with E-state index in [9.17, 15) is 4.79 Å². The lowest BCUT2D eigenvalue weighted by molar-refractivity contribution is 0.0286. The molecule has 0 aliphatic heterocycles. The first kappa shape index (κ1) is 34.6. The predicted molar refractivity (Wildman–Crippen MR) is 183 cm³/mol. The molecule has 3 aromatic rings. The van der Waals surface area contributed by atoms with Crippen LogP contribution in [-0.2, 0) is 16.9 Å². The zero-order valence-electron chi connectivity index (χ0n) is 27.6. The number of allylic oxidation sites excluding steroid dienone is 1. The summed E-state index contributed by atoms with van der Waals surface area (Å²) < 4.78 is 8.29. The van der Waals surface area contributed by atoms with Crippen molar-refractivity contribution in [3.8, 4) is 11.3 Å². The average Bonchev–Trinajstić information content (AvgIpc) is 3.65. The predicted octanol–water partition coefficient (Wildman–Crippen LogP) is 9.94. The maximum atomic E-state index is 12.9. The van der Waals surface area contributed by atoms with Gasteiger partial charge in [0.05, 0.1) is 30.5 Å². The number of carbonyl (C=O) groups is 1. The number of aromatic nitrogens is 2.